The number of anilines is 1. The Labute approximate surface area is 137 Å². The van der Waals surface area contributed by atoms with Gasteiger partial charge in [0.15, 0.2) is 6.61 Å². The van der Waals surface area contributed by atoms with E-state index in [0.717, 1.165) is 15.6 Å². The lowest BCUT2D eigenvalue weighted by Gasteiger charge is -2.10. The molecule has 1 amide bonds. The maximum Gasteiger partial charge on any atom is 0.338 e. The van der Waals surface area contributed by atoms with Crippen molar-refractivity contribution in [1.29, 1.82) is 0 Å². The quantitative estimate of drug-likeness (QED) is 0.841. The van der Waals surface area contributed by atoms with Crippen molar-refractivity contribution in [2.45, 2.75) is 13.8 Å². The smallest absolute Gasteiger partial charge is 0.338 e. The van der Waals surface area contributed by atoms with Crippen molar-refractivity contribution in [2.24, 2.45) is 0 Å². The van der Waals surface area contributed by atoms with E-state index in [1.54, 1.807) is 24.3 Å². The third-order valence-corrected chi connectivity index (χ3v) is 4.31. The van der Waals surface area contributed by atoms with Crippen LogP contribution in [0.2, 0.25) is 0 Å². The first-order chi connectivity index (χ1) is 10.5. The Morgan fingerprint density at radius 2 is 1.68 bits per heavy atom. The van der Waals surface area contributed by atoms with Crippen LogP contribution >= 0.6 is 15.9 Å². The van der Waals surface area contributed by atoms with Crippen LogP contribution in [-0.4, -0.2) is 18.5 Å². The summed E-state index contributed by atoms with van der Waals surface area (Å²) in [5.41, 5.74) is 3.15. The van der Waals surface area contributed by atoms with E-state index in [1.807, 2.05) is 32.0 Å². The van der Waals surface area contributed by atoms with Crippen molar-refractivity contribution in [2.75, 3.05) is 11.9 Å². The van der Waals surface area contributed by atoms with Gasteiger partial charge in [0, 0.05) is 10.2 Å². The summed E-state index contributed by atoms with van der Waals surface area (Å²) in [6.07, 6.45) is 0. The fraction of sp³-hybridized carbons (Fsp3) is 0.176. The first kappa shape index (κ1) is 16.2. The van der Waals surface area contributed by atoms with Gasteiger partial charge in [0.2, 0.25) is 0 Å². The van der Waals surface area contributed by atoms with Gasteiger partial charge in [-0.05, 0) is 49.2 Å². The lowest BCUT2D eigenvalue weighted by molar-refractivity contribution is -0.119. The first-order valence-corrected chi connectivity index (χ1v) is 7.55. The molecule has 1 N–H and O–H groups in total. The third-order valence-electron chi connectivity index (χ3n) is 3.06. The second-order valence-electron chi connectivity index (χ2n) is 4.91. The Morgan fingerprint density at radius 3 is 2.27 bits per heavy atom. The third kappa shape index (κ3) is 4.18. The maximum absolute atomic E-state index is 11.9. The number of hydrogen-bond acceptors (Lipinski definition) is 3. The summed E-state index contributed by atoms with van der Waals surface area (Å²) in [7, 11) is 0. The Morgan fingerprint density at radius 1 is 1.09 bits per heavy atom. The van der Waals surface area contributed by atoms with Gasteiger partial charge in [-0.15, -0.1) is 0 Å². The van der Waals surface area contributed by atoms with Gasteiger partial charge < -0.3 is 10.1 Å². The second-order valence-corrected chi connectivity index (χ2v) is 5.71. The van der Waals surface area contributed by atoms with Crippen molar-refractivity contribution in [3.63, 3.8) is 0 Å². The summed E-state index contributed by atoms with van der Waals surface area (Å²) in [6, 6.07) is 12.3. The molecule has 2 rings (SSSR count). The highest BCUT2D eigenvalue weighted by atomic mass is 79.9. The highest BCUT2D eigenvalue weighted by Crippen LogP contribution is 2.24. The number of ether oxygens (including phenoxy) is 1. The zero-order chi connectivity index (χ0) is 16.1. The summed E-state index contributed by atoms with van der Waals surface area (Å²) >= 11 is 3.47. The molecular formula is C17H16BrNO3. The van der Waals surface area contributed by atoms with Gasteiger partial charge in [0.05, 0.1) is 5.56 Å². The number of carbonyl (C=O) groups is 2. The van der Waals surface area contributed by atoms with Gasteiger partial charge in [0.25, 0.3) is 5.91 Å². The fourth-order valence-corrected chi connectivity index (χ4v) is 2.23. The Balaban J connectivity index is 1.92. The van der Waals surface area contributed by atoms with Gasteiger partial charge in [-0.3, -0.25) is 4.79 Å². The largest absolute Gasteiger partial charge is 0.452 e. The highest BCUT2D eigenvalue weighted by molar-refractivity contribution is 9.10. The molecule has 4 nitrogen and oxygen atoms in total. The molecule has 0 radical (unpaired) electrons. The van der Waals surface area contributed by atoms with Gasteiger partial charge in [-0.2, -0.15) is 0 Å². The average Bonchev–Trinajstić information content (AvgIpc) is 2.51. The van der Waals surface area contributed by atoms with Crippen LogP contribution in [0.1, 0.15) is 21.5 Å². The zero-order valence-electron chi connectivity index (χ0n) is 12.4. The highest BCUT2D eigenvalue weighted by Gasteiger charge is 2.10. The molecule has 0 atom stereocenters. The molecule has 0 saturated carbocycles. The van der Waals surface area contributed by atoms with Crippen molar-refractivity contribution >= 4 is 33.5 Å². The lowest BCUT2D eigenvalue weighted by Crippen LogP contribution is -2.21. The molecule has 0 bridgehead atoms. The minimum atomic E-state index is -0.515. The summed E-state index contributed by atoms with van der Waals surface area (Å²) in [6.45, 7) is 3.58. The van der Waals surface area contributed by atoms with E-state index in [0.29, 0.717) is 11.3 Å². The predicted molar refractivity (Wildman–Crippen MR) is 89.0 cm³/mol. The van der Waals surface area contributed by atoms with Crippen LogP contribution < -0.4 is 5.32 Å². The minimum Gasteiger partial charge on any atom is -0.452 e. The molecule has 2 aromatic carbocycles. The van der Waals surface area contributed by atoms with Crippen LogP contribution in [0.15, 0.2) is 46.9 Å². The molecule has 0 saturated heterocycles. The fourth-order valence-electron chi connectivity index (χ4n) is 2.00. The Hall–Kier alpha value is -2.14. The van der Waals surface area contributed by atoms with E-state index in [-0.39, 0.29) is 12.5 Å². The molecule has 0 heterocycles. The molecule has 0 spiro atoms. The molecule has 0 aliphatic carbocycles. The molecule has 0 aromatic heterocycles. The van der Waals surface area contributed by atoms with Crippen LogP contribution in [0.25, 0.3) is 0 Å². The number of rotatable bonds is 4. The Bertz CT molecular complexity index is 675. The van der Waals surface area contributed by atoms with Crippen molar-refractivity contribution in [3.8, 4) is 0 Å². The van der Waals surface area contributed by atoms with E-state index in [4.69, 9.17) is 4.74 Å². The molecule has 5 heteroatoms. The van der Waals surface area contributed by atoms with Crippen LogP contribution in [-0.2, 0) is 9.53 Å². The Kier molecular flexibility index (Phi) is 5.33. The summed E-state index contributed by atoms with van der Waals surface area (Å²) in [4.78, 5) is 23.6. The summed E-state index contributed by atoms with van der Waals surface area (Å²) < 4.78 is 6.00. The van der Waals surface area contributed by atoms with E-state index in [1.165, 1.54) is 0 Å². The van der Waals surface area contributed by atoms with Crippen LogP contribution in [0.3, 0.4) is 0 Å². The zero-order valence-corrected chi connectivity index (χ0v) is 13.9. The molecule has 2 aromatic rings. The van der Waals surface area contributed by atoms with E-state index in [9.17, 15) is 9.59 Å². The first-order valence-electron chi connectivity index (χ1n) is 6.76. The normalized spacial score (nSPS) is 10.1. The monoisotopic (exact) mass is 361 g/mol. The molecule has 0 fully saturated rings. The molecule has 0 aliphatic rings. The topological polar surface area (TPSA) is 55.4 Å². The molecular weight excluding hydrogens is 346 g/mol. The van der Waals surface area contributed by atoms with Gasteiger partial charge in [-0.1, -0.05) is 34.1 Å². The van der Waals surface area contributed by atoms with E-state index >= 15 is 0 Å². The summed E-state index contributed by atoms with van der Waals surface area (Å²) in [5, 5.41) is 2.72. The van der Waals surface area contributed by atoms with Crippen molar-refractivity contribution in [1.82, 2.24) is 0 Å². The number of amides is 1. The standard InChI is InChI=1S/C17H16BrNO3/c1-11-8-14(9-12(2)16(11)18)19-15(20)10-22-17(21)13-6-4-3-5-7-13/h3-9H,10H2,1-2H3,(H,19,20). The van der Waals surface area contributed by atoms with E-state index in [2.05, 4.69) is 21.2 Å². The minimum absolute atomic E-state index is 0.318. The van der Waals surface area contributed by atoms with Crippen LogP contribution in [0.4, 0.5) is 5.69 Å². The molecule has 0 aliphatic heterocycles. The van der Waals surface area contributed by atoms with Crippen LogP contribution in [0.5, 0.6) is 0 Å². The number of benzene rings is 2. The van der Waals surface area contributed by atoms with Crippen molar-refractivity contribution in [3.05, 3.63) is 63.6 Å². The van der Waals surface area contributed by atoms with E-state index < -0.39 is 5.97 Å². The number of esters is 1. The lowest BCUT2D eigenvalue weighted by atomic mass is 10.1. The number of nitrogens with one attached hydrogen (secondary N) is 1. The molecule has 114 valence electrons. The second kappa shape index (κ2) is 7.22. The summed E-state index contributed by atoms with van der Waals surface area (Å²) in [5.74, 6) is -0.885. The number of aryl methyl sites for hydroxylation is 2. The number of carbonyl (C=O) groups excluding carboxylic acids is 2. The predicted octanol–water partition coefficient (Wildman–Crippen LogP) is 3.86. The average molecular weight is 362 g/mol. The van der Waals surface area contributed by atoms with Gasteiger partial charge in [0.1, 0.15) is 0 Å². The van der Waals surface area contributed by atoms with Gasteiger partial charge in [-0.25, -0.2) is 4.79 Å². The number of hydrogen-bond donors (Lipinski definition) is 1. The van der Waals surface area contributed by atoms with Crippen molar-refractivity contribution < 1.29 is 14.3 Å². The molecule has 22 heavy (non-hydrogen) atoms. The van der Waals surface area contributed by atoms with Gasteiger partial charge >= 0.3 is 5.97 Å². The maximum atomic E-state index is 11.9. The molecule has 0 unspecified atom stereocenters. The number of halogens is 1. The van der Waals surface area contributed by atoms with Crippen LogP contribution in [0, 0.1) is 13.8 Å². The SMILES string of the molecule is Cc1cc(NC(=O)COC(=O)c2ccccc2)cc(C)c1Br.